The summed E-state index contributed by atoms with van der Waals surface area (Å²) in [5.41, 5.74) is 0.940. The Labute approximate surface area is 226 Å². The van der Waals surface area contributed by atoms with Crippen LogP contribution in [0.3, 0.4) is 0 Å². The van der Waals surface area contributed by atoms with Crippen LogP contribution in [0.2, 0.25) is 5.02 Å². The van der Waals surface area contributed by atoms with Gasteiger partial charge < -0.3 is 25.8 Å². The number of hydrogen-bond donors (Lipinski definition) is 3. The van der Waals surface area contributed by atoms with E-state index in [1.165, 1.54) is 28.5 Å². The van der Waals surface area contributed by atoms with Gasteiger partial charge in [0.05, 0.1) is 16.8 Å². The zero-order valence-electron chi connectivity index (χ0n) is 20.9. The zero-order chi connectivity index (χ0) is 26.7. The van der Waals surface area contributed by atoms with Crippen LogP contribution >= 0.6 is 22.9 Å². The molecule has 0 aromatic carbocycles. The summed E-state index contributed by atoms with van der Waals surface area (Å²) >= 11 is 7.17. The third-order valence-electron chi connectivity index (χ3n) is 6.56. The van der Waals surface area contributed by atoms with E-state index in [0.717, 1.165) is 30.1 Å². The maximum Gasteiger partial charge on any atom is 0.314 e. The van der Waals surface area contributed by atoms with Gasteiger partial charge in [-0.05, 0) is 38.4 Å². The number of aromatic nitrogens is 2. The molecule has 1 aliphatic carbocycles. The number of rotatable bonds is 5. The number of carbonyl (C=O) groups is 4. The van der Waals surface area contributed by atoms with Crippen LogP contribution in [0.15, 0.2) is 18.3 Å². The van der Waals surface area contributed by atoms with Crippen molar-refractivity contribution in [2.75, 3.05) is 33.0 Å². The van der Waals surface area contributed by atoms with Gasteiger partial charge in [0, 0.05) is 59.5 Å². The molecule has 13 heteroatoms. The Morgan fingerprint density at radius 2 is 1.92 bits per heavy atom. The lowest BCUT2D eigenvalue weighted by Crippen LogP contribution is -2.57. The highest BCUT2D eigenvalue weighted by atomic mass is 35.5. The van der Waals surface area contributed by atoms with Crippen LogP contribution in [-0.2, 0) is 27.3 Å². The average molecular weight is 552 g/mol. The summed E-state index contributed by atoms with van der Waals surface area (Å²) in [4.78, 5) is 64.3. The van der Waals surface area contributed by atoms with Gasteiger partial charge >= 0.3 is 11.8 Å². The molecule has 2 aromatic rings. The molecule has 3 heterocycles. The first-order valence-electron chi connectivity index (χ1n) is 12.0. The molecule has 2 aliphatic rings. The fourth-order valence-electron chi connectivity index (χ4n) is 4.60. The van der Waals surface area contributed by atoms with Crippen LogP contribution in [-0.4, -0.2) is 83.2 Å². The van der Waals surface area contributed by atoms with Crippen molar-refractivity contribution in [3.05, 3.63) is 38.9 Å². The molecule has 4 amide bonds. The predicted molar refractivity (Wildman–Crippen MR) is 143 cm³/mol. The third-order valence-corrected chi connectivity index (χ3v) is 7.87. The molecule has 37 heavy (non-hydrogen) atoms. The fourth-order valence-corrected chi connectivity index (χ4v) is 5.80. The third kappa shape index (κ3) is 6.62. The quantitative estimate of drug-likeness (QED) is 0.482. The molecule has 202 valence electrons. The number of anilines is 1. The van der Waals surface area contributed by atoms with Crippen molar-refractivity contribution in [2.45, 2.75) is 44.3 Å². The van der Waals surface area contributed by atoms with Crippen LogP contribution in [0, 0.1) is 5.92 Å². The lowest BCUT2D eigenvalue weighted by molar-refractivity contribution is -0.137. The Kier molecular flexibility index (Phi) is 8.40. The van der Waals surface area contributed by atoms with E-state index in [2.05, 4.69) is 30.8 Å². The second-order valence-electron chi connectivity index (χ2n) is 9.60. The summed E-state index contributed by atoms with van der Waals surface area (Å²) in [5, 5.41) is 8.91. The Morgan fingerprint density at radius 1 is 1.14 bits per heavy atom. The molecule has 1 aliphatic heterocycles. The maximum absolute atomic E-state index is 13.2. The normalized spacial score (nSPS) is 21.5. The first-order valence-corrected chi connectivity index (χ1v) is 13.2. The zero-order valence-corrected chi connectivity index (χ0v) is 22.5. The number of amides is 4. The standard InChI is InChI=1S/C24H30ClN7O4S.2H2/c1-31(2)24(36)13-4-6-15(27-20(33)21(34)30-19-7-5-14(25)11-26-19)17(10-13)28-22(35)23-29-16-8-9-32(3)12-18(16)37-23;;/h5,7,11,13,15,17H,4,6,8-10,12H2,1-3H3,(H,27,33)(H,28,35)(H,26,30,34);2*1H/t13-,15-,17+;;/m0../s1. The summed E-state index contributed by atoms with van der Waals surface area (Å²) < 4.78 is 0. The summed E-state index contributed by atoms with van der Waals surface area (Å²) in [5.74, 6) is -2.25. The van der Waals surface area contributed by atoms with Crippen LogP contribution in [0.5, 0.6) is 0 Å². The monoisotopic (exact) mass is 551 g/mol. The van der Waals surface area contributed by atoms with Crippen molar-refractivity contribution in [1.29, 1.82) is 0 Å². The highest BCUT2D eigenvalue weighted by Gasteiger charge is 2.37. The largest absolute Gasteiger partial charge is 0.349 e. The molecule has 0 radical (unpaired) electrons. The van der Waals surface area contributed by atoms with Gasteiger partial charge in [0.1, 0.15) is 5.82 Å². The Hall–Kier alpha value is -3.09. The first kappa shape index (κ1) is 27.0. The molecule has 2 aromatic heterocycles. The Balaban J connectivity index is 0.00000267. The number of hydrogen-bond acceptors (Lipinski definition) is 8. The smallest absolute Gasteiger partial charge is 0.314 e. The number of halogens is 1. The number of pyridine rings is 1. The molecule has 0 bridgehead atoms. The number of fused-ring (bicyclic) bond motifs is 1. The van der Waals surface area contributed by atoms with E-state index in [0.29, 0.717) is 29.3 Å². The van der Waals surface area contributed by atoms with Crippen molar-refractivity contribution >= 4 is 52.4 Å². The van der Waals surface area contributed by atoms with Crippen molar-refractivity contribution in [1.82, 2.24) is 30.4 Å². The van der Waals surface area contributed by atoms with E-state index < -0.39 is 23.9 Å². The summed E-state index contributed by atoms with van der Waals surface area (Å²) in [6, 6.07) is 1.95. The van der Waals surface area contributed by atoms with Gasteiger partial charge in [0.2, 0.25) is 5.91 Å². The number of carbonyl (C=O) groups excluding carboxylic acids is 4. The van der Waals surface area contributed by atoms with Gasteiger partial charge in [-0.1, -0.05) is 11.6 Å². The molecular formula is C24H34ClN7O4S. The lowest BCUT2D eigenvalue weighted by atomic mass is 9.81. The maximum atomic E-state index is 13.2. The van der Waals surface area contributed by atoms with Crippen molar-refractivity contribution in [3.63, 3.8) is 0 Å². The van der Waals surface area contributed by atoms with Gasteiger partial charge in [0.15, 0.2) is 5.01 Å². The molecule has 1 saturated carbocycles. The molecule has 4 rings (SSSR count). The Morgan fingerprint density at radius 3 is 2.62 bits per heavy atom. The van der Waals surface area contributed by atoms with Gasteiger partial charge in [-0.15, -0.1) is 11.3 Å². The minimum Gasteiger partial charge on any atom is -0.349 e. The topological polar surface area (TPSA) is 137 Å². The van der Waals surface area contributed by atoms with E-state index in [9.17, 15) is 19.2 Å². The number of thiazole rings is 1. The molecular weight excluding hydrogens is 518 g/mol. The van der Waals surface area contributed by atoms with E-state index in [4.69, 9.17) is 11.6 Å². The van der Waals surface area contributed by atoms with Crippen molar-refractivity contribution in [3.8, 4) is 0 Å². The first-order chi connectivity index (χ1) is 17.6. The number of nitrogens with zero attached hydrogens (tertiary/aromatic N) is 4. The second kappa shape index (κ2) is 11.5. The molecule has 0 spiro atoms. The Bertz CT molecular complexity index is 1200. The molecule has 0 saturated heterocycles. The minimum atomic E-state index is -0.886. The molecule has 0 unspecified atom stereocenters. The SMILES string of the molecule is CN1CCc2nc(C(=O)N[C@@H]3C[C@@H](C(=O)N(C)C)CC[C@@H]3NC(=O)C(=O)Nc3ccc(Cl)cn3)sc2C1.[HH].[HH]. The molecule has 3 N–H and O–H groups in total. The van der Waals surface area contributed by atoms with Gasteiger partial charge in [0.25, 0.3) is 5.91 Å². The second-order valence-corrected chi connectivity index (χ2v) is 11.1. The van der Waals surface area contributed by atoms with Crippen LogP contribution in [0.1, 0.15) is 42.5 Å². The minimum absolute atomic E-state index is 0. The van der Waals surface area contributed by atoms with Crippen LogP contribution < -0.4 is 16.0 Å². The highest BCUT2D eigenvalue weighted by Crippen LogP contribution is 2.28. The van der Waals surface area contributed by atoms with E-state index >= 15 is 0 Å². The molecule has 1 fully saturated rings. The molecule has 11 nitrogen and oxygen atoms in total. The predicted octanol–water partition coefficient (Wildman–Crippen LogP) is 1.78. The van der Waals surface area contributed by atoms with Crippen LogP contribution in [0.25, 0.3) is 0 Å². The summed E-state index contributed by atoms with van der Waals surface area (Å²) in [6.45, 7) is 1.63. The number of nitrogens with one attached hydrogen (secondary N) is 3. The van der Waals surface area contributed by atoms with E-state index in [1.807, 2.05) is 7.05 Å². The van der Waals surface area contributed by atoms with Gasteiger partial charge in [-0.3, -0.25) is 19.2 Å². The number of likely N-dealkylation sites (N-methyl/N-ethyl adjacent to an activating group) is 1. The van der Waals surface area contributed by atoms with Gasteiger partial charge in [-0.25, -0.2) is 9.97 Å². The molecule has 3 atom stereocenters. The van der Waals surface area contributed by atoms with Crippen LogP contribution in [0.4, 0.5) is 5.82 Å². The average Bonchev–Trinajstić information content (AvgIpc) is 3.29. The van der Waals surface area contributed by atoms with E-state index in [-0.39, 0.29) is 26.4 Å². The van der Waals surface area contributed by atoms with Crippen molar-refractivity contribution in [2.24, 2.45) is 5.92 Å². The highest BCUT2D eigenvalue weighted by molar-refractivity contribution is 7.13. The van der Waals surface area contributed by atoms with E-state index in [1.54, 1.807) is 20.2 Å². The van der Waals surface area contributed by atoms with Gasteiger partial charge in [-0.2, -0.15) is 0 Å². The summed E-state index contributed by atoms with van der Waals surface area (Å²) in [6.07, 6.45) is 3.42. The van der Waals surface area contributed by atoms with Crippen molar-refractivity contribution < 1.29 is 22.0 Å². The lowest BCUT2D eigenvalue weighted by Gasteiger charge is -2.37. The fraction of sp³-hybridized carbons (Fsp3) is 0.500. The summed E-state index contributed by atoms with van der Waals surface area (Å²) in [7, 11) is 5.41.